The Labute approximate surface area is 137 Å². The number of hydrogen-bond acceptors (Lipinski definition) is 7. The number of H-pyrrole nitrogens is 1. The molecular weight excluding hydrogens is 320 g/mol. The number of hydrogen-bond donors (Lipinski definition) is 3. The minimum atomic E-state index is -1.14. The average molecular weight is 340 g/mol. The van der Waals surface area contributed by atoms with Crippen LogP contribution in [0.2, 0.25) is 0 Å². The van der Waals surface area contributed by atoms with Gasteiger partial charge in [-0.15, -0.1) is 5.92 Å². The van der Waals surface area contributed by atoms with Gasteiger partial charge < -0.3 is 24.4 Å². The highest BCUT2D eigenvalue weighted by atomic mass is 16.6. The van der Waals surface area contributed by atoms with Gasteiger partial charge in [-0.25, -0.2) is 4.79 Å². The van der Waals surface area contributed by atoms with E-state index in [0.29, 0.717) is 0 Å². The molecule has 3 N–H and O–H groups in total. The Bertz CT molecular complexity index is 730. The van der Waals surface area contributed by atoms with E-state index in [1.54, 1.807) is 6.92 Å². The molecule has 0 aromatic carbocycles. The minimum Gasteiger partial charge on any atom is -0.394 e. The van der Waals surface area contributed by atoms with Crippen LogP contribution < -0.4 is 11.2 Å². The molecule has 0 unspecified atom stereocenters. The second kappa shape index (κ2) is 8.23. The molecule has 2 rings (SSSR count). The molecular formula is C15H20N2O7. The van der Waals surface area contributed by atoms with Crippen LogP contribution >= 0.6 is 0 Å². The first kappa shape index (κ1) is 18.4. The van der Waals surface area contributed by atoms with E-state index >= 15 is 0 Å². The molecule has 132 valence electrons. The maximum Gasteiger partial charge on any atom is 0.330 e. The average Bonchev–Trinajstić information content (AvgIpc) is 2.87. The van der Waals surface area contributed by atoms with Crippen molar-refractivity contribution in [3.05, 3.63) is 32.6 Å². The Hall–Kier alpha value is -1.96. The van der Waals surface area contributed by atoms with E-state index in [-0.39, 0.29) is 18.8 Å². The Morgan fingerprint density at radius 2 is 2.17 bits per heavy atom. The monoisotopic (exact) mass is 340 g/mol. The maximum absolute atomic E-state index is 12.1. The van der Waals surface area contributed by atoms with Crippen LogP contribution in [0.4, 0.5) is 0 Å². The van der Waals surface area contributed by atoms with Crippen molar-refractivity contribution in [2.45, 2.75) is 31.5 Å². The molecule has 1 aromatic heterocycles. The van der Waals surface area contributed by atoms with Gasteiger partial charge in [0.15, 0.2) is 6.23 Å². The van der Waals surface area contributed by atoms with Gasteiger partial charge in [-0.05, 0) is 6.92 Å². The Morgan fingerprint density at radius 1 is 1.42 bits per heavy atom. The van der Waals surface area contributed by atoms with Gasteiger partial charge in [0.05, 0.1) is 19.8 Å². The largest absolute Gasteiger partial charge is 0.394 e. The van der Waals surface area contributed by atoms with Crippen molar-refractivity contribution in [1.82, 2.24) is 9.55 Å². The number of aliphatic hydroxyl groups is 2. The molecule has 0 spiro atoms. The van der Waals surface area contributed by atoms with Crippen LogP contribution in [0.15, 0.2) is 15.8 Å². The zero-order valence-electron chi connectivity index (χ0n) is 13.4. The lowest BCUT2D eigenvalue weighted by Gasteiger charge is -2.22. The molecule has 4 atom stereocenters. The van der Waals surface area contributed by atoms with Gasteiger partial charge in [0, 0.05) is 13.3 Å². The number of methoxy groups -OCH3 is 1. The summed E-state index contributed by atoms with van der Waals surface area (Å²) in [6.45, 7) is 1.56. The summed E-state index contributed by atoms with van der Waals surface area (Å²) in [5.74, 6) is 5.17. The summed E-state index contributed by atoms with van der Waals surface area (Å²) in [7, 11) is 1.50. The Kier molecular flexibility index (Phi) is 6.30. The number of nitrogens with zero attached hydrogens (tertiary/aromatic N) is 1. The fraction of sp³-hybridized carbons (Fsp3) is 0.600. The lowest BCUT2D eigenvalue weighted by Crippen LogP contribution is -2.40. The summed E-state index contributed by atoms with van der Waals surface area (Å²) < 4.78 is 17.1. The molecule has 1 aromatic rings. The van der Waals surface area contributed by atoms with Gasteiger partial charge in [-0.3, -0.25) is 14.3 Å². The molecule has 9 heteroatoms. The van der Waals surface area contributed by atoms with Crippen LogP contribution in [0.5, 0.6) is 0 Å². The maximum atomic E-state index is 12.1. The van der Waals surface area contributed by atoms with Crippen molar-refractivity contribution in [2.75, 3.05) is 26.9 Å². The molecule has 1 aliphatic rings. The lowest BCUT2D eigenvalue weighted by molar-refractivity contribution is -0.0819. The highest BCUT2D eigenvalue weighted by molar-refractivity contribution is 5.29. The number of nitrogens with one attached hydrogen (secondary N) is 1. The zero-order valence-corrected chi connectivity index (χ0v) is 13.4. The van der Waals surface area contributed by atoms with Gasteiger partial charge in [-0.1, -0.05) is 5.92 Å². The van der Waals surface area contributed by atoms with Gasteiger partial charge in [0.1, 0.15) is 23.9 Å². The van der Waals surface area contributed by atoms with Crippen LogP contribution in [0.3, 0.4) is 0 Å². The van der Waals surface area contributed by atoms with E-state index in [1.807, 2.05) is 0 Å². The molecule has 1 aliphatic heterocycles. The first-order valence-corrected chi connectivity index (χ1v) is 7.36. The summed E-state index contributed by atoms with van der Waals surface area (Å²) in [5, 5.41) is 19.5. The highest BCUT2D eigenvalue weighted by Gasteiger charge is 2.45. The van der Waals surface area contributed by atoms with Gasteiger partial charge in [0.2, 0.25) is 0 Å². The van der Waals surface area contributed by atoms with Gasteiger partial charge in [-0.2, -0.15) is 0 Å². The SMILES string of the molecule is CC#Cc1cn([C@@H]2O[C@H](CO)[C@@H](O)[C@H]2OCCOC)c(=O)[nH]c1=O. The van der Waals surface area contributed by atoms with Crippen LogP contribution in [-0.4, -0.2) is 65.0 Å². The van der Waals surface area contributed by atoms with E-state index in [1.165, 1.54) is 13.3 Å². The molecule has 0 amide bonds. The molecule has 24 heavy (non-hydrogen) atoms. The second-order valence-corrected chi connectivity index (χ2v) is 5.15. The number of ether oxygens (including phenoxy) is 3. The van der Waals surface area contributed by atoms with Crippen molar-refractivity contribution in [3.8, 4) is 11.8 Å². The summed E-state index contributed by atoms with van der Waals surface area (Å²) in [5.41, 5.74) is -1.25. The zero-order chi connectivity index (χ0) is 17.7. The van der Waals surface area contributed by atoms with Crippen molar-refractivity contribution >= 4 is 0 Å². The van der Waals surface area contributed by atoms with Gasteiger partial charge in [0.25, 0.3) is 5.56 Å². The summed E-state index contributed by atoms with van der Waals surface area (Å²) in [6.07, 6.45) is -2.74. The van der Waals surface area contributed by atoms with Crippen molar-refractivity contribution in [3.63, 3.8) is 0 Å². The molecule has 1 saturated heterocycles. The molecule has 0 bridgehead atoms. The quantitative estimate of drug-likeness (QED) is 0.412. The fourth-order valence-corrected chi connectivity index (χ4v) is 2.44. The van der Waals surface area contributed by atoms with Crippen molar-refractivity contribution in [1.29, 1.82) is 0 Å². The molecule has 0 radical (unpaired) electrons. The van der Waals surface area contributed by atoms with E-state index < -0.39 is 42.4 Å². The van der Waals surface area contributed by atoms with Crippen molar-refractivity contribution in [2.24, 2.45) is 0 Å². The smallest absolute Gasteiger partial charge is 0.330 e. The number of rotatable bonds is 6. The Morgan fingerprint density at radius 3 is 2.79 bits per heavy atom. The molecule has 1 fully saturated rings. The normalized spacial score (nSPS) is 26.2. The summed E-state index contributed by atoms with van der Waals surface area (Å²) >= 11 is 0. The molecule has 2 heterocycles. The standard InChI is InChI=1S/C15H20N2O7/c1-3-4-9-7-17(15(21)16-13(9)20)14-12(23-6-5-22-2)11(19)10(8-18)24-14/h7,10-12,14,18-19H,5-6,8H2,1-2H3,(H,16,20,21)/t10-,11-,12-,14-/m1/s1. The van der Waals surface area contributed by atoms with Crippen molar-refractivity contribution < 1.29 is 24.4 Å². The van der Waals surface area contributed by atoms with E-state index in [0.717, 1.165) is 4.57 Å². The van der Waals surface area contributed by atoms with Gasteiger partial charge >= 0.3 is 5.69 Å². The number of aromatic amines is 1. The van der Waals surface area contributed by atoms with E-state index in [9.17, 15) is 19.8 Å². The highest BCUT2D eigenvalue weighted by Crippen LogP contribution is 2.30. The predicted octanol–water partition coefficient (Wildman–Crippen LogP) is -1.81. The fourth-order valence-electron chi connectivity index (χ4n) is 2.44. The third kappa shape index (κ3) is 3.75. The molecule has 9 nitrogen and oxygen atoms in total. The predicted molar refractivity (Wildman–Crippen MR) is 82.5 cm³/mol. The van der Waals surface area contributed by atoms with Crippen LogP contribution in [0.25, 0.3) is 0 Å². The minimum absolute atomic E-state index is 0.0817. The number of aliphatic hydroxyl groups excluding tert-OH is 2. The summed E-state index contributed by atoms with van der Waals surface area (Å²) in [4.78, 5) is 26.0. The molecule has 0 saturated carbocycles. The number of aromatic nitrogens is 2. The van der Waals surface area contributed by atoms with E-state index in [2.05, 4.69) is 16.8 Å². The second-order valence-electron chi connectivity index (χ2n) is 5.15. The third-order valence-electron chi connectivity index (χ3n) is 3.59. The third-order valence-corrected chi connectivity index (χ3v) is 3.59. The molecule has 0 aliphatic carbocycles. The summed E-state index contributed by atoms with van der Waals surface area (Å²) in [6, 6.07) is 0. The first-order chi connectivity index (χ1) is 11.5. The lowest BCUT2D eigenvalue weighted by atomic mass is 10.1. The van der Waals surface area contributed by atoms with Crippen LogP contribution in [0, 0.1) is 11.8 Å². The van der Waals surface area contributed by atoms with Crippen LogP contribution in [0.1, 0.15) is 18.7 Å². The Balaban J connectivity index is 2.39. The topological polar surface area (TPSA) is 123 Å². The first-order valence-electron chi connectivity index (χ1n) is 7.36. The van der Waals surface area contributed by atoms with E-state index in [4.69, 9.17) is 14.2 Å². The van der Waals surface area contributed by atoms with Crippen LogP contribution in [-0.2, 0) is 14.2 Å².